The number of carbonyl (C=O) groups excluding carboxylic acids is 1. The van der Waals surface area contributed by atoms with Gasteiger partial charge in [0.2, 0.25) is 5.91 Å². The molecule has 1 heterocycles. The molecule has 1 saturated carbocycles. The van der Waals surface area contributed by atoms with E-state index >= 15 is 0 Å². The average Bonchev–Trinajstić information content (AvgIpc) is 2.93. The van der Waals surface area contributed by atoms with E-state index in [0.29, 0.717) is 5.91 Å². The number of rotatable bonds is 5. The Kier molecular flexibility index (Phi) is 5.68. The molecule has 1 aliphatic heterocycles. The van der Waals surface area contributed by atoms with Crippen LogP contribution in [0, 0.1) is 11.8 Å². The van der Waals surface area contributed by atoms with Crippen molar-refractivity contribution >= 4 is 5.91 Å². The molecule has 1 atom stereocenters. The molecule has 110 valence electrons. The molecular formula is C16H29NO2. The summed E-state index contributed by atoms with van der Waals surface area (Å²) in [5.41, 5.74) is 0. The zero-order valence-corrected chi connectivity index (χ0v) is 12.3. The van der Waals surface area contributed by atoms with Crippen LogP contribution in [0.25, 0.3) is 0 Å². The fourth-order valence-corrected chi connectivity index (χ4v) is 3.74. The highest BCUT2D eigenvalue weighted by Gasteiger charge is 2.34. The average molecular weight is 267 g/mol. The number of hydrogen-bond acceptors (Lipinski definition) is 2. The Morgan fingerprint density at radius 1 is 1.21 bits per heavy atom. The van der Waals surface area contributed by atoms with Crippen molar-refractivity contribution in [3.05, 3.63) is 0 Å². The Morgan fingerprint density at radius 3 is 2.58 bits per heavy atom. The number of carbonyl (C=O) groups is 1. The van der Waals surface area contributed by atoms with Crippen molar-refractivity contribution in [2.24, 2.45) is 11.8 Å². The number of aliphatic hydroxyl groups is 1. The van der Waals surface area contributed by atoms with Crippen LogP contribution < -0.4 is 0 Å². The van der Waals surface area contributed by atoms with Gasteiger partial charge in [-0.2, -0.15) is 0 Å². The lowest BCUT2D eigenvalue weighted by atomic mass is 9.79. The monoisotopic (exact) mass is 267 g/mol. The van der Waals surface area contributed by atoms with Gasteiger partial charge in [0, 0.05) is 12.5 Å². The summed E-state index contributed by atoms with van der Waals surface area (Å²) in [7, 11) is 0. The maximum absolute atomic E-state index is 12.5. The van der Waals surface area contributed by atoms with Gasteiger partial charge in [-0.05, 0) is 44.4 Å². The first-order chi connectivity index (χ1) is 9.26. The molecule has 3 nitrogen and oxygen atoms in total. The van der Waals surface area contributed by atoms with Crippen LogP contribution in [-0.2, 0) is 4.79 Å². The van der Waals surface area contributed by atoms with E-state index in [9.17, 15) is 9.90 Å². The topological polar surface area (TPSA) is 40.5 Å². The molecule has 0 aromatic rings. The minimum absolute atomic E-state index is 0.102. The molecule has 1 saturated heterocycles. The quantitative estimate of drug-likeness (QED) is 0.832. The first kappa shape index (κ1) is 14.8. The molecule has 0 aromatic carbocycles. The molecule has 1 N–H and O–H groups in total. The molecule has 1 amide bonds. The second-order valence-electron chi connectivity index (χ2n) is 6.37. The highest BCUT2D eigenvalue weighted by atomic mass is 16.3. The molecule has 0 radical (unpaired) electrons. The van der Waals surface area contributed by atoms with Crippen molar-refractivity contribution in [3.8, 4) is 0 Å². The van der Waals surface area contributed by atoms with Gasteiger partial charge in [-0.1, -0.05) is 26.2 Å². The lowest BCUT2D eigenvalue weighted by Gasteiger charge is -2.32. The van der Waals surface area contributed by atoms with Crippen LogP contribution in [0.5, 0.6) is 0 Å². The maximum Gasteiger partial charge on any atom is 0.226 e. The van der Waals surface area contributed by atoms with E-state index in [4.69, 9.17) is 0 Å². The molecule has 1 aliphatic carbocycles. The molecule has 1 unspecified atom stereocenters. The SMILES string of the molecule is CCCCC1CCC(C(=O)N2CCCC2CO)CC1. The molecule has 0 aromatic heterocycles. The van der Waals surface area contributed by atoms with E-state index in [1.165, 1.54) is 32.1 Å². The number of hydrogen-bond donors (Lipinski definition) is 1. The minimum atomic E-state index is 0.102. The van der Waals surface area contributed by atoms with E-state index in [2.05, 4.69) is 6.92 Å². The van der Waals surface area contributed by atoms with Gasteiger partial charge in [0.25, 0.3) is 0 Å². The number of amides is 1. The summed E-state index contributed by atoms with van der Waals surface area (Å²) in [6.07, 6.45) is 10.6. The predicted molar refractivity (Wildman–Crippen MR) is 76.8 cm³/mol. The summed E-state index contributed by atoms with van der Waals surface area (Å²) in [6.45, 7) is 3.25. The fraction of sp³-hybridized carbons (Fsp3) is 0.938. The highest BCUT2D eigenvalue weighted by Crippen LogP contribution is 2.34. The van der Waals surface area contributed by atoms with Gasteiger partial charge in [-0.3, -0.25) is 4.79 Å². The van der Waals surface area contributed by atoms with E-state index < -0.39 is 0 Å². The van der Waals surface area contributed by atoms with Crippen LogP contribution in [0.2, 0.25) is 0 Å². The fourth-order valence-electron chi connectivity index (χ4n) is 3.74. The van der Waals surface area contributed by atoms with Crippen molar-refractivity contribution in [2.45, 2.75) is 70.8 Å². The molecule has 19 heavy (non-hydrogen) atoms. The number of likely N-dealkylation sites (tertiary alicyclic amines) is 1. The summed E-state index contributed by atoms with van der Waals surface area (Å²) in [5, 5.41) is 9.33. The lowest BCUT2D eigenvalue weighted by Crippen LogP contribution is -2.42. The van der Waals surface area contributed by atoms with Crippen LogP contribution in [-0.4, -0.2) is 35.1 Å². The lowest BCUT2D eigenvalue weighted by molar-refractivity contribution is -0.138. The van der Waals surface area contributed by atoms with E-state index in [0.717, 1.165) is 38.1 Å². The smallest absolute Gasteiger partial charge is 0.226 e. The molecular weight excluding hydrogens is 238 g/mol. The Labute approximate surface area is 117 Å². The Morgan fingerprint density at radius 2 is 1.95 bits per heavy atom. The van der Waals surface area contributed by atoms with Crippen LogP contribution in [0.4, 0.5) is 0 Å². The molecule has 0 spiro atoms. The van der Waals surface area contributed by atoms with Crippen LogP contribution in [0.1, 0.15) is 64.7 Å². The Bertz CT molecular complexity index is 284. The second kappa shape index (κ2) is 7.28. The van der Waals surface area contributed by atoms with Gasteiger partial charge in [-0.25, -0.2) is 0 Å². The van der Waals surface area contributed by atoms with Gasteiger partial charge in [-0.15, -0.1) is 0 Å². The third kappa shape index (κ3) is 3.71. The minimum Gasteiger partial charge on any atom is -0.394 e. The summed E-state index contributed by atoms with van der Waals surface area (Å²) >= 11 is 0. The number of aliphatic hydroxyl groups excluding tert-OH is 1. The Balaban J connectivity index is 1.79. The van der Waals surface area contributed by atoms with Crippen molar-refractivity contribution in [2.75, 3.05) is 13.2 Å². The predicted octanol–water partition coefficient (Wildman–Crippen LogP) is 2.97. The van der Waals surface area contributed by atoms with Crippen molar-refractivity contribution in [1.82, 2.24) is 4.90 Å². The van der Waals surface area contributed by atoms with Crippen LogP contribution in [0.15, 0.2) is 0 Å². The Hall–Kier alpha value is -0.570. The summed E-state index contributed by atoms with van der Waals surface area (Å²) in [6, 6.07) is 0.102. The van der Waals surface area contributed by atoms with Gasteiger partial charge in [0.15, 0.2) is 0 Å². The first-order valence-corrected chi connectivity index (χ1v) is 8.17. The number of unbranched alkanes of at least 4 members (excludes halogenated alkanes) is 1. The molecule has 0 bridgehead atoms. The second-order valence-corrected chi connectivity index (χ2v) is 6.37. The van der Waals surface area contributed by atoms with Crippen LogP contribution >= 0.6 is 0 Å². The first-order valence-electron chi connectivity index (χ1n) is 8.17. The van der Waals surface area contributed by atoms with Crippen molar-refractivity contribution < 1.29 is 9.90 Å². The molecule has 2 aliphatic rings. The summed E-state index contributed by atoms with van der Waals surface area (Å²) < 4.78 is 0. The van der Waals surface area contributed by atoms with E-state index in [1.807, 2.05) is 4.90 Å². The maximum atomic E-state index is 12.5. The van der Waals surface area contributed by atoms with Crippen molar-refractivity contribution in [3.63, 3.8) is 0 Å². The molecule has 2 rings (SSSR count). The van der Waals surface area contributed by atoms with Gasteiger partial charge in [0.1, 0.15) is 0 Å². The van der Waals surface area contributed by atoms with Crippen LogP contribution in [0.3, 0.4) is 0 Å². The zero-order valence-electron chi connectivity index (χ0n) is 12.3. The zero-order chi connectivity index (χ0) is 13.7. The summed E-state index contributed by atoms with van der Waals surface area (Å²) in [4.78, 5) is 14.5. The van der Waals surface area contributed by atoms with Gasteiger partial charge >= 0.3 is 0 Å². The van der Waals surface area contributed by atoms with Crippen molar-refractivity contribution in [1.29, 1.82) is 0 Å². The van der Waals surface area contributed by atoms with Gasteiger partial charge in [0.05, 0.1) is 12.6 Å². The molecule has 2 fully saturated rings. The number of nitrogens with zero attached hydrogens (tertiary/aromatic N) is 1. The standard InChI is InChI=1S/C16H29NO2/c1-2-3-5-13-7-9-14(10-8-13)16(19)17-11-4-6-15(17)12-18/h13-15,18H,2-12H2,1H3. The normalized spacial score (nSPS) is 31.7. The van der Waals surface area contributed by atoms with E-state index in [1.54, 1.807) is 0 Å². The largest absolute Gasteiger partial charge is 0.394 e. The summed E-state index contributed by atoms with van der Waals surface area (Å²) in [5.74, 6) is 1.42. The highest BCUT2D eigenvalue weighted by molar-refractivity contribution is 5.79. The third-order valence-corrected chi connectivity index (χ3v) is 5.03. The van der Waals surface area contributed by atoms with E-state index in [-0.39, 0.29) is 18.6 Å². The molecule has 3 heteroatoms. The third-order valence-electron chi connectivity index (χ3n) is 5.03. The van der Waals surface area contributed by atoms with Gasteiger partial charge < -0.3 is 10.0 Å².